The first-order valence-electron chi connectivity index (χ1n) is 6.86. The van der Waals surface area contributed by atoms with Crippen molar-refractivity contribution in [1.29, 1.82) is 5.41 Å². The molecule has 0 spiro atoms. The summed E-state index contributed by atoms with van der Waals surface area (Å²) in [6, 6.07) is 12.4. The number of rotatable bonds is 5. The maximum absolute atomic E-state index is 12.5. The second-order valence-corrected chi connectivity index (χ2v) is 5.33. The molecule has 0 aliphatic rings. The van der Waals surface area contributed by atoms with Gasteiger partial charge in [-0.1, -0.05) is 42.8 Å². The van der Waals surface area contributed by atoms with E-state index < -0.39 is 0 Å². The van der Waals surface area contributed by atoms with Crippen LogP contribution in [0, 0.1) is 18.8 Å². The third-order valence-corrected chi connectivity index (χ3v) is 3.53. The van der Waals surface area contributed by atoms with E-state index in [4.69, 9.17) is 17.0 Å². The number of hydrogen-bond donors (Lipinski definition) is 1. The van der Waals surface area contributed by atoms with E-state index in [2.05, 4.69) is 0 Å². The first-order valence-corrected chi connectivity index (χ1v) is 7.23. The minimum atomic E-state index is -0.0262. The predicted molar refractivity (Wildman–Crippen MR) is 87.5 cm³/mol. The summed E-state index contributed by atoms with van der Waals surface area (Å²) < 4.78 is 0. The van der Waals surface area contributed by atoms with Gasteiger partial charge in [0.05, 0.1) is 0 Å². The lowest BCUT2D eigenvalue weighted by atomic mass is 9.97. The average Bonchev–Trinajstić information content (AvgIpc) is 2.47. The molecule has 0 saturated carbocycles. The lowest BCUT2D eigenvalue weighted by Crippen LogP contribution is -2.05. The second-order valence-electron chi connectivity index (χ2n) is 4.89. The van der Waals surface area contributed by atoms with Gasteiger partial charge in [0.25, 0.3) is 0 Å². The van der Waals surface area contributed by atoms with Gasteiger partial charge in [-0.15, -0.1) is 0 Å². The lowest BCUT2D eigenvalue weighted by Gasteiger charge is -2.07. The van der Waals surface area contributed by atoms with Crippen molar-refractivity contribution in [3.63, 3.8) is 0 Å². The van der Waals surface area contributed by atoms with Crippen molar-refractivity contribution in [2.45, 2.75) is 20.3 Å². The van der Waals surface area contributed by atoms with Crippen molar-refractivity contribution in [3.05, 3.63) is 76.2 Å². The summed E-state index contributed by atoms with van der Waals surface area (Å²) in [4.78, 5) is 12.5. The van der Waals surface area contributed by atoms with Crippen LogP contribution in [0.4, 0.5) is 0 Å². The molecule has 0 heterocycles. The number of carbonyl (C=O) groups is 1. The number of aryl methyl sites for hydroxylation is 1. The molecule has 0 aromatic heterocycles. The topological polar surface area (TPSA) is 40.9 Å². The van der Waals surface area contributed by atoms with Crippen LogP contribution >= 0.6 is 11.6 Å². The molecule has 0 fully saturated rings. The molecule has 2 aromatic carbocycles. The highest BCUT2D eigenvalue weighted by Crippen LogP contribution is 2.19. The summed E-state index contributed by atoms with van der Waals surface area (Å²) in [5, 5.41) is 8.50. The van der Waals surface area contributed by atoms with E-state index in [1.165, 1.54) is 0 Å². The van der Waals surface area contributed by atoms with E-state index in [1.54, 1.807) is 30.3 Å². The summed E-state index contributed by atoms with van der Waals surface area (Å²) in [7, 11) is 0. The van der Waals surface area contributed by atoms with E-state index in [0.29, 0.717) is 21.9 Å². The first kappa shape index (κ1) is 15.5. The number of hydrogen-bond acceptors (Lipinski definition) is 2. The van der Waals surface area contributed by atoms with Crippen LogP contribution < -0.4 is 0 Å². The standard InChI is InChI=1S/C18H17ClNO/c1-3-4-17(20)13-5-7-14(8-6-13)18(21)16-10-9-15(19)11-12(16)2/h4-11,20H,3H2,1-2H3. The second kappa shape index (κ2) is 6.68. The van der Waals surface area contributed by atoms with Crippen molar-refractivity contribution < 1.29 is 4.79 Å². The van der Waals surface area contributed by atoms with E-state index in [0.717, 1.165) is 17.5 Å². The zero-order chi connectivity index (χ0) is 15.4. The third-order valence-electron chi connectivity index (χ3n) is 3.30. The Hall–Kier alpha value is -1.93. The monoisotopic (exact) mass is 298 g/mol. The molecule has 1 radical (unpaired) electrons. The van der Waals surface area contributed by atoms with Crippen LogP contribution in [0.25, 0.3) is 0 Å². The molecule has 3 heteroatoms. The highest BCUT2D eigenvalue weighted by Gasteiger charge is 2.12. The molecule has 21 heavy (non-hydrogen) atoms. The fraction of sp³-hybridized carbons (Fsp3) is 0.167. The minimum Gasteiger partial charge on any atom is -0.304 e. The smallest absolute Gasteiger partial charge is 0.193 e. The van der Waals surface area contributed by atoms with Crippen LogP contribution in [-0.2, 0) is 0 Å². The zero-order valence-corrected chi connectivity index (χ0v) is 12.9. The van der Waals surface area contributed by atoms with E-state index in [-0.39, 0.29) is 5.78 Å². The van der Waals surface area contributed by atoms with E-state index in [1.807, 2.05) is 32.4 Å². The van der Waals surface area contributed by atoms with Crippen LogP contribution in [0.5, 0.6) is 0 Å². The number of ketones is 1. The van der Waals surface area contributed by atoms with E-state index >= 15 is 0 Å². The van der Waals surface area contributed by atoms with Gasteiger partial charge in [0.1, 0.15) is 0 Å². The highest BCUT2D eigenvalue weighted by molar-refractivity contribution is 6.30. The van der Waals surface area contributed by atoms with Crippen molar-refractivity contribution in [2.75, 3.05) is 0 Å². The van der Waals surface area contributed by atoms with Gasteiger partial charge >= 0.3 is 0 Å². The predicted octanol–water partition coefficient (Wildman–Crippen LogP) is 4.86. The molecule has 0 bridgehead atoms. The van der Waals surface area contributed by atoms with Crippen LogP contribution in [0.3, 0.4) is 0 Å². The van der Waals surface area contributed by atoms with Gasteiger partial charge in [-0.05, 0) is 42.7 Å². The molecule has 0 aliphatic carbocycles. The van der Waals surface area contributed by atoms with Crippen LogP contribution in [0.1, 0.15) is 40.4 Å². The van der Waals surface area contributed by atoms with Crippen molar-refractivity contribution in [2.24, 2.45) is 0 Å². The molecule has 0 atom stereocenters. The molecule has 0 unspecified atom stereocenters. The van der Waals surface area contributed by atoms with Gasteiger partial charge in [-0.3, -0.25) is 4.79 Å². The summed E-state index contributed by atoms with van der Waals surface area (Å²) in [5.41, 5.74) is 3.44. The van der Waals surface area contributed by atoms with Gasteiger partial charge in [-0.25, -0.2) is 0 Å². The maximum atomic E-state index is 12.5. The summed E-state index contributed by atoms with van der Waals surface area (Å²) in [6.07, 6.45) is 2.67. The number of benzene rings is 2. The van der Waals surface area contributed by atoms with E-state index in [9.17, 15) is 4.79 Å². The van der Waals surface area contributed by atoms with Gasteiger partial charge in [-0.2, -0.15) is 0 Å². The fourth-order valence-electron chi connectivity index (χ4n) is 2.16. The fourth-order valence-corrected chi connectivity index (χ4v) is 2.39. The minimum absolute atomic E-state index is 0.0262. The molecule has 2 nitrogen and oxygen atoms in total. The molecular weight excluding hydrogens is 282 g/mol. The van der Waals surface area contributed by atoms with Crippen molar-refractivity contribution in [1.82, 2.24) is 0 Å². The quantitative estimate of drug-likeness (QED) is 0.621. The molecule has 1 N–H and O–H groups in total. The third kappa shape index (κ3) is 3.59. The molecule has 2 rings (SSSR count). The van der Waals surface area contributed by atoms with Gasteiger partial charge < -0.3 is 5.41 Å². The number of halogens is 1. The van der Waals surface area contributed by atoms with Gasteiger partial charge in [0, 0.05) is 28.3 Å². The molecule has 2 aromatic rings. The maximum Gasteiger partial charge on any atom is 0.193 e. The summed E-state index contributed by atoms with van der Waals surface area (Å²) in [5.74, 6) is -0.0262. The Morgan fingerprint density at radius 2 is 1.76 bits per heavy atom. The van der Waals surface area contributed by atoms with Gasteiger partial charge in [0.15, 0.2) is 5.78 Å². The van der Waals surface area contributed by atoms with Crippen LogP contribution in [-0.4, -0.2) is 11.5 Å². The highest BCUT2D eigenvalue weighted by atomic mass is 35.5. The summed E-state index contributed by atoms with van der Waals surface area (Å²) in [6.45, 7) is 3.87. The molecule has 0 saturated heterocycles. The zero-order valence-electron chi connectivity index (χ0n) is 12.1. The van der Waals surface area contributed by atoms with Crippen LogP contribution in [0.2, 0.25) is 5.02 Å². The van der Waals surface area contributed by atoms with Crippen LogP contribution in [0.15, 0.2) is 42.5 Å². The summed E-state index contributed by atoms with van der Waals surface area (Å²) >= 11 is 5.91. The first-order chi connectivity index (χ1) is 10.0. The van der Waals surface area contributed by atoms with Gasteiger partial charge in [0.2, 0.25) is 0 Å². The van der Waals surface area contributed by atoms with Crippen molar-refractivity contribution >= 4 is 23.1 Å². The Morgan fingerprint density at radius 3 is 2.33 bits per heavy atom. The molecule has 0 amide bonds. The SMILES string of the molecule is CC[CH]C(=N)c1ccc(C(=O)c2ccc(Cl)cc2C)cc1. The number of nitrogens with one attached hydrogen (secondary N) is 1. The lowest BCUT2D eigenvalue weighted by molar-refractivity contribution is 0.103. The Kier molecular flexibility index (Phi) is 4.92. The molecule has 0 aliphatic heterocycles. The Bertz CT molecular complexity index is 674. The number of carbonyl (C=O) groups excluding carboxylic acids is 1. The average molecular weight is 299 g/mol. The largest absolute Gasteiger partial charge is 0.304 e. The van der Waals surface area contributed by atoms with Crippen molar-refractivity contribution in [3.8, 4) is 0 Å². The Morgan fingerprint density at radius 1 is 1.14 bits per heavy atom. The Labute approximate surface area is 130 Å². The Balaban J connectivity index is 2.26. The molecular formula is C18H17ClNO. The normalized spacial score (nSPS) is 10.4. The molecule has 107 valence electrons.